The number of aryl methyl sites for hydroxylation is 2. The maximum Gasteiger partial charge on any atom is 0.0766 e. The van der Waals surface area contributed by atoms with Crippen molar-refractivity contribution < 1.29 is 9.84 Å². The van der Waals surface area contributed by atoms with Crippen LogP contribution in [0.4, 0.5) is 0 Å². The summed E-state index contributed by atoms with van der Waals surface area (Å²) in [6.07, 6.45) is 1.90. The molecule has 2 atom stereocenters. The third kappa shape index (κ3) is 4.07. The number of nitrogens with zero attached hydrogens (tertiary/aromatic N) is 2. The molecule has 0 aliphatic heterocycles. The second kappa shape index (κ2) is 7.26. The quantitative estimate of drug-likeness (QED) is 0.839. The molecule has 0 radical (unpaired) electrons. The molecule has 104 valence electrons. The normalized spacial score (nSPS) is 14.8. The highest BCUT2D eigenvalue weighted by Crippen LogP contribution is 2.24. The Kier molecular flexibility index (Phi) is 6.32. The van der Waals surface area contributed by atoms with Crippen LogP contribution in [0, 0.1) is 5.92 Å². The summed E-state index contributed by atoms with van der Waals surface area (Å²) in [6.45, 7) is 4.85. The Labute approximate surface area is 117 Å². The lowest BCUT2D eigenvalue weighted by Gasteiger charge is -2.16. The number of aliphatic hydroxyl groups is 1. The minimum absolute atomic E-state index is 0.355. The molecule has 0 amide bonds. The molecule has 1 rings (SSSR count). The largest absolute Gasteiger partial charge is 0.393 e. The molecule has 4 nitrogen and oxygen atoms in total. The van der Waals surface area contributed by atoms with E-state index in [4.69, 9.17) is 4.74 Å². The zero-order valence-corrected chi connectivity index (χ0v) is 13.2. The van der Waals surface area contributed by atoms with E-state index >= 15 is 0 Å². The van der Waals surface area contributed by atoms with Crippen molar-refractivity contribution in [3.05, 3.63) is 15.9 Å². The van der Waals surface area contributed by atoms with E-state index in [1.807, 2.05) is 11.7 Å². The first-order valence-electron chi connectivity index (χ1n) is 6.36. The third-order valence-corrected chi connectivity index (χ3v) is 3.97. The van der Waals surface area contributed by atoms with Crippen molar-refractivity contribution in [1.82, 2.24) is 9.78 Å². The smallest absolute Gasteiger partial charge is 0.0766 e. The van der Waals surface area contributed by atoms with Crippen molar-refractivity contribution in [3.8, 4) is 0 Å². The van der Waals surface area contributed by atoms with Crippen molar-refractivity contribution in [3.63, 3.8) is 0 Å². The van der Waals surface area contributed by atoms with Crippen molar-refractivity contribution in [2.24, 2.45) is 13.0 Å². The minimum Gasteiger partial charge on any atom is -0.393 e. The van der Waals surface area contributed by atoms with Crippen LogP contribution in [0.25, 0.3) is 0 Å². The molecule has 1 N–H and O–H groups in total. The van der Waals surface area contributed by atoms with E-state index in [-0.39, 0.29) is 6.10 Å². The van der Waals surface area contributed by atoms with Gasteiger partial charge < -0.3 is 9.84 Å². The Morgan fingerprint density at radius 3 is 2.67 bits per heavy atom. The number of aromatic nitrogens is 2. The van der Waals surface area contributed by atoms with E-state index < -0.39 is 0 Å². The van der Waals surface area contributed by atoms with Crippen LogP contribution in [0.3, 0.4) is 0 Å². The molecule has 0 aliphatic carbocycles. The highest BCUT2D eigenvalue weighted by atomic mass is 79.9. The van der Waals surface area contributed by atoms with Gasteiger partial charge in [0.1, 0.15) is 0 Å². The summed E-state index contributed by atoms with van der Waals surface area (Å²) >= 11 is 3.57. The fraction of sp³-hybridized carbons (Fsp3) is 0.769. The van der Waals surface area contributed by atoms with Gasteiger partial charge in [0.2, 0.25) is 0 Å². The molecular weight excluding hydrogens is 296 g/mol. The Balaban J connectivity index is 2.64. The standard InChI is InChI=1S/C13H23BrN2O2/c1-5-11-13(14)12(16(3)15-11)7-10(17)6-9(2)8-18-4/h9-10,17H,5-8H2,1-4H3. The lowest BCUT2D eigenvalue weighted by Crippen LogP contribution is -2.19. The number of rotatable bonds is 7. The van der Waals surface area contributed by atoms with Crippen LogP contribution < -0.4 is 0 Å². The topological polar surface area (TPSA) is 47.3 Å². The summed E-state index contributed by atoms with van der Waals surface area (Å²) in [6, 6.07) is 0. The average molecular weight is 319 g/mol. The predicted molar refractivity (Wildman–Crippen MR) is 75.7 cm³/mol. The fourth-order valence-electron chi connectivity index (χ4n) is 2.17. The molecule has 0 fully saturated rings. The molecule has 0 aromatic carbocycles. The monoisotopic (exact) mass is 318 g/mol. The van der Waals surface area contributed by atoms with Crippen LogP contribution in [-0.2, 0) is 24.6 Å². The van der Waals surface area contributed by atoms with Gasteiger partial charge in [0.25, 0.3) is 0 Å². The minimum atomic E-state index is -0.355. The Morgan fingerprint density at radius 1 is 1.50 bits per heavy atom. The van der Waals surface area contributed by atoms with E-state index in [0.29, 0.717) is 18.9 Å². The van der Waals surface area contributed by atoms with Gasteiger partial charge in [0.15, 0.2) is 0 Å². The van der Waals surface area contributed by atoms with Crippen LogP contribution in [-0.4, -0.2) is 34.7 Å². The summed E-state index contributed by atoms with van der Waals surface area (Å²) in [7, 11) is 3.61. The van der Waals surface area contributed by atoms with Gasteiger partial charge in [-0.25, -0.2) is 0 Å². The van der Waals surface area contributed by atoms with E-state index in [0.717, 1.165) is 28.7 Å². The second-order valence-electron chi connectivity index (χ2n) is 4.84. The van der Waals surface area contributed by atoms with E-state index in [9.17, 15) is 5.11 Å². The number of hydrogen-bond donors (Lipinski definition) is 1. The first-order valence-corrected chi connectivity index (χ1v) is 7.16. The van der Waals surface area contributed by atoms with Crippen LogP contribution in [0.2, 0.25) is 0 Å². The van der Waals surface area contributed by atoms with Crippen molar-refractivity contribution in [2.45, 2.75) is 39.2 Å². The number of ether oxygens (including phenoxy) is 1. The first-order chi connectivity index (χ1) is 8.49. The van der Waals surface area contributed by atoms with Gasteiger partial charge in [-0.05, 0) is 34.7 Å². The van der Waals surface area contributed by atoms with Gasteiger partial charge in [-0.15, -0.1) is 0 Å². The SMILES string of the molecule is CCc1nn(C)c(CC(O)CC(C)COC)c1Br. The predicted octanol–water partition coefficient (Wildman–Crippen LogP) is 2.32. The van der Waals surface area contributed by atoms with Gasteiger partial charge in [0, 0.05) is 27.2 Å². The lowest BCUT2D eigenvalue weighted by molar-refractivity contribution is 0.100. The summed E-state index contributed by atoms with van der Waals surface area (Å²) in [5, 5.41) is 14.5. The Hall–Kier alpha value is -0.390. The van der Waals surface area contributed by atoms with Crippen LogP contribution in [0.1, 0.15) is 31.7 Å². The molecule has 0 saturated carbocycles. The number of halogens is 1. The zero-order chi connectivity index (χ0) is 13.7. The third-order valence-electron chi connectivity index (χ3n) is 3.06. The second-order valence-corrected chi connectivity index (χ2v) is 5.63. The maximum atomic E-state index is 10.1. The van der Waals surface area contributed by atoms with Crippen LogP contribution >= 0.6 is 15.9 Å². The van der Waals surface area contributed by atoms with Crippen molar-refractivity contribution in [1.29, 1.82) is 0 Å². The van der Waals surface area contributed by atoms with Gasteiger partial charge in [-0.1, -0.05) is 13.8 Å². The zero-order valence-electron chi connectivity index (χ0n) is 11.6. The molecule has 0 aliphatic rings. The molecule has 1 aromatic heterocycles. The highest BCUT2D eigenvalue weighted by Gasteiger charge is 2.17. The van der Waals surface area contributed by atoms with E-state index in [1.165, 1.54) is 0 Å². The summed E-state index contributed by atoms with van der Waals surface area (Å²) in [5.74, 6) is 0.364. The maximum absolute atomic E-state index is 10.1. The van der Waals surface area contributed by atoms with Crippen LogP contribution in [0.5, 0.6) is 0 Å². The van der Waals surface area contributed by atoms with Gasteiger partial charge in [-0.2, -0.15) is 5.10 Å². The molecule has 0 saturated heterocycles. The highest BCUT2D eigenvalue weighted by molar-refractivity contribution is 9.10. The molecule has 0 spiro atoms. The van der Waals surface area contributed by atoms with Gasteiger partial charge >= 0.3 is 0 Å². The van der Waals surface area contributed by atoms with E-state index in [1.54, 1.807) is 7.11 Å². The number of hydrogen-bond acceptors (Lipinski definition) is 3. The van der Waals surface area contributed by atoms with Crippen molar-refractivity contribution in [2.75, 3.05) is 13.7 Å². The number of aliphatic hydroxyl groups excluding tert-OH is 1. The Bertz CT molecular complexity index is 379. The summed E-state index contributed by atoms with van der Waals surface area (Å²) in [5.41, 5.74) is 2.11. The lowest BCUT2D eigenvalue weighted by atomic mass is 10.0. The van der Waals surface area contributed by atoms with Gasteiger partial charge in [0.05, 0.1) is 22.0 Å². The van der Waals surface area contributed by atoms with Crippen LogP contribution in [0.15, 0.2) is 4.47 Å². The summed E-state index contributed by atoms with van der Waals surface area (Å²) in [4.78, 5) is 0. The average Bonchev–Trinajstić information content (AvgIpc) is 2.56. The molecular formula is C13H23BrN2O2. The molecule has 18 heavy (non-hydrogen) atoms. The first kappa shape index (κ1) is 15.7. The molecule has 2 unspecified atom stereocenters. The van der Waals surface area contributed by atoms with E-state index in [2.05, 4.69) is 34.9 Å². The molecule has 1 aromatic rings. The summed E-state index contributed by atoms with van der Waals surface area (Å²) < 4.78 is 7.97. The van der Waals surface area contributed by atoms with Gasteiger partial charge in [-0.3, -0.25) is 4.68 Å². The number of methoxy groups -OCH3 is 1. The molecule has 1 heterocycles. The molecule has 0 bridgehead atoms. The van der Waals surface area contributed by atoms with Crippen molar-refractivity contribution >= 4 is 15.9 Å². The molecule has 5 heteroatoms. The Morgan fingerprint density at radius 2 is 2.17 bits per heavy atom. The fourth-order valence-corrected chi connectivity index (χ4v) is 2.94.